The number of benzene rings is 1. The molecule has 1 aromatic heterocycles. The van der Waals surface area contributed by atoms with Crippen LogP contribution in [0.4, 0.5) is 18.9 Å². The molecule has 5 nitrogen and oxygen atoms in total. The monoisotopic (exact) mass is 317 g/mol. The molecule has 0 fully saturated rings. The summed E-state index contributed by atoms with van der Waals surface area (Å²) in [5.41, 5.74) is -0.0658. The SMILES string of the molecule is O=C(Nc1cc(O)ccc1Cl)c1cnc(C(F)(F)F)nc1. The number of hydrogen-bond donors (Lipinski definition) is 2. The van der Waals surface area contributed by atoms with Crippen molar-refractivity contribution in [2.75, 3.05) is 5.32 Å². The number of nitrogens with one attached hydrogen (secondary N) is 1. The van der Waals surface area contributed by atoms with E-state index in [1.165, 1.54) is 18.2 Å². The van der Waals surface area contributed by atoms with Gasteiger partial charge in [0.25, 0.3) is 5.91 Å². The van der Waals surface area contributed by atoms with Crippen molar-refractivity contribution in [1.29, 1.82) is 0 Å². The van der Waals surface area contributed by atoms with Crippen LogP contribution in [-0.2, 0) is 6.18 Å². The number of amides is 1. The van der Waals surface area contributed by atoms with E-state index in [1.54, 1.807) is 0 Å². The number of aromatic hydroxyl groups is 1. The van der Waals surface area contributed by atoms with Gasteiger partial charge in [-0.15, -0.1) is 0 Å². The first kappa shape index (κ1) is 15.0. The fraction of sp³-hybridized carbons (Fsp3) is 0.0833. The molecular weight excluding hydrogens is 311 g/mol. The molecule has 0 aliphatic rings. The molecule has 9 heteroatoms. The van der Waals surface area contributed by atoms with E-state index in [1.807, 2.05) is 0 Å². The Morgan fingerprint density at radius 2 is 1.86 bits per heavy atom. The molecule has 2 aromatic rings. The summed E-state index contributed by atoms with van der Waals surface area (Å²) in [6.45, 7) is 0. The van der Waals surface area contributed by atoms with Crippen LogP contribution in [0.1, 0.15) is 16.2 Å². The Labute approximate surface area is 121 Å². The topological polar surface area (TPSA) is 75.1 Å². The third kappa shape index (κ3) is 3.60. The van der Waals surface area contributed by atoms with Gasteiger partial charge in [0.05, 0.1) is 16.3 Å². The maximum absolute atomic E-state index is 12.3. The molecule has 0 aliphatic carbocycles. The average molecular weight is 318 g/mol. The Bertz CT molecular complexity index is 674. The van der Waals surface area contributed by atoms with Gasteiger partial charge in [-0.25, -0.2) is 9.97 Å². The van der Waals surface area contributed by atoms with Crippen LogP contribution in [0.25, 0.3) is 0 Å². The lowest BCUT2D eigenvalue weighted by Crippen LogP contribution is -2.16. The minimum Gasteiger partial charge on any atom is -0.508 e. The summed E-state index contributed by atoms with van der Waals surface area (Å²) in [4.78, 5) is 18.0. The van der Waals surface area contributed by atoms with E-state index in [-0.39, 0.29) is 22.0 Å². The fourth-order valence-electron chi connectivity index (χ4n) is 1.40. The smallest absolute Gasteiger partial charge is 0.451 e. The van der Waals surface area contributed by atoms with Crippen LogP contribution in [0.2, 0.25) is 5.02 Å². The number of nitrogens with zero attached hydrogens (tertiary/aromatic N) is 2. The highest BCUT2D eigenvalue weighted by atomic mass is 35.5. The molecule has 2 rings (SSSR count). The number of hydrogen-bond acceptors (Lipinski definition) is 4. The maximum Gasteiger partial charge on any atom is 0.451 e. The molecule has 1 amide bonds. The van der Waals surface area contributed by atoms with Crippen LogP contribution >= 0.6 is 11.6 Å². The Balaban J connectivity index is 2.19. The van der Waals surface area contributed by atoms with Gasteiger partial charge in [0.2, 0.25) is 5.82 Å². The molecule has 0 spiro atoms. The third-order valence-electron chi connectivity index (χ3n) is 2.37. The Morgan fingerprint density at radius 1 is 1.24 bits per heavy atom. The van der Waals surface area contributed by atoms with Crippen LogP contribution in [0.15, 0.2) is 30.6 Å². The highest BCUT2D eigenvalue weighted by molar-refractivity contribution is 6.34. The second kappa shape index (κ2) is 5.57. The molecule has 0 radical (unpaired) electrons. The van der Waals surface area contributed by atoms with Gasteiger partial charge in [0, 0.05) is 18.5 Å². The van der Waals surface area contributed by atoms with E-state index < -0.39 is 17.9 Å². The van der Waals surface area contributed by atoms with Gasteiger partial charge in [-0.1, -0.05) is 11.6 Å². The fourth-order valence-corrected chi connectivity index (χ4v) is 1.56. The minimum absolute atomic E-state index is 0.113. The van der Waals surface area contributed by atoms with Gasteiger partial charge in [0.1, 0.15) is 5.75 Å². The summed E-state index contributed by atoms with van der Waals surface area (Å²) in [6, 6.07) is 3.88. The predicted molar refractivity (Wildman–Crippen MR) is 68.1 cm³/mol. The lowest BCUT2D eigenvalue weighted by molar-refractivity contribution is -0.145. The lowest BCUT2D eigenvalue weighted by Gasteiger charge is -2.08. The molecule has 0 atom stereocenters. The highest BCUT2D eigenvalue weighted by Gasteiger charge is 2.34. The molecule has 0 unspecified atom stereocenters. The molecule has 0 bridgehead atoms. The van der Waals surface area contributed by atoms with E-state index in [4.69, 9.17) is 11.6 Å². The van der Waals surface area contributed by atoms with Crippen LogP contribution in [0.3, 0.4) is 0 Å². The predicted octanol–water partition coefficient (Wildman–Crippen LogP) is 3.11. The zero-order valence-electron chi connectivity index (χ0n) is 10.1. The molecule has 0 saturated carbocycles. The van der Waals surface area contributed by atoms with Crippen LogP contribution in [0, 0.1) is 0 Å². The number of halogens is 4. The molecule has 1 aromatic carbocycles. The first-order chi connectivity index (χ1) is 9.77. The number of phenols is 1. The van der Waals surface area contributed by atoms with Gasteiger partial charge >= 0.3 is 6.18 Å². The van der Waals surface area contributed by atoms with Crippen molar-refractivity contribution < 1.29 is 23.1 Å². The quantitative estimate of drug-likeness (QED) is 0.892. The number of anilines is 1. The molecule has 110 valence electrons. The zero-order valence-corrected chi connectivity index (χ0v) is 10.9. The number of rotatable bonds is 2. The molecule has 2 N–H and O–H groups in total. The average Bonchev–Trinajstić information content (AvgIpc) is 2.42. The summed E-state index contributed by atoms with van der Waals surface area (Å²) in [5.74, 6) is -2.22. The Kier molecular flexibility index (Phi) is 3.99. The molecule has 0 aliphatic heterocycles. The molecule has 21 heavy (non-hydrogen) atoms. The number of phenolic OH excluding ortho intramolecular Hbond substituents is 1. The lowest BCUT2D eigenvalue weighted by atomic mass is 10.2. The summed E-state index contributed by atoms with van der Waals surface area (Å²) < 4.78 is 36.9. The summed E-state index contributed by atoms with van der Waals surface area (Å²) in [6.07, 6.45) is -3.17. The van der Waals surface area contributed by atoms with Crippen LogP contribution in [0.5, 0.6) is 5.75 Å². The summed E-state index contributed by atoms with van der Waals surface area (Å²) >= 11 is 5.81. The third-order valence-corrected chi connectivity index (χ3v) is 2.70. The molecule has 0 saturated heterocycles. The molecule has 1 heterocycles. The van der Waals surface area contributed by atoms with Crippen molar-refractivity contribution in [3.63, 3.8) is 0 Å². The number of aromatic nitrogens is 2. The highest BCUT2D eigenvalue weighted by Crippen LogP contribution is 2.27. The first-order valence-corrected chi connectivity index (χ1v) is 5.84. The minimum atomic E-state index is -4.68. The Morgan fingerprint density at radius 3 is 2.43 bits per heavy atom. The van der Waals surface area contributed by atoms with E-state index in [9.17, 15) is 23.1 Å². The summed E-state index contributed by atoms with van der Waals surface area (Å²) in [7, 11) is 0. The number of carbonyl (C=O) groups is 1. The standard InChI is InChI=1S/C12H7ClF3N3O2/c13-8-2-1-7(20)3-9(8)19-10(21)6-4-17-11(18-5-6)12(14,15)16/h1-5,20H,(H,19,21). The largest absolute Gasteiger partial charge is 0.508 e. The van der Waals surface area contributed by atoms with Crippen molar-refractivity contribution >= 4 is 23.2 Å². The first-order valence-electron chi connectivity index (χ1n) is 5.46. The summed E-state index contributed by atoms with van der Waals surface area (Å²) in [5, 5.41) is 11.8. The van der Waals surface area contributed by atoms with Gasteiger partial charge in [0.15, 0.2) is 0 Å². The zero-order chi connectivity index (χ0) is 15.6. The van der Waals surface area contributed by atoms with Crippen LogP contribution in [-0.4, -0.2) is 21.0 Å². The molecular formula is C12H7ClF3N3O2. The van der Waals surface area contributed by atoms with Crippen LogP contribution < -0.4 is 5.32 Å². The Hall–Kier alpha value is -2.35. The van der Waals surface area contributed by atoms with E-state index in [0.717, 1.165) is 12.4 Å². The number of alkyl halides is 3. The van der Waals surface area contributed by atoms with Crippen molar-refractivity contribution in [2.45, 2.75) is 6.18 Å². The van der Waals surface area contributed by atoms with Gasteiger partial charge in [-0.3, -0.25) is 4.79 Å². The second-order valence-corrected chi connectivity index (χ2v) is 4.32. The maximum atomic E-state index is 12.3. The van der Waals surface area contributed by atoms with Gasteiger partial charge in [-0.2, -0.15) is 13.2 Å². The van der Waals surface area contributed by atoms with Gasteiger partial charge in [-0.05, 0) is 12.1 Å². The van der Waals surface area contributed by atoms with E-state index >= 15 is 0 Å². The van der Waals surface area contributed by atoms with E-state index in [0.29, 0.717) is 0 Å². The van der Waals surface area contributed by atoms with Crippen molar-refractivity contribution in [1.82, 2.24) is 9.97 Å². The normalized spacial score (nSPS) is 11.2. The van der Waals surface area contributed by atoms with Crippen molar-refractivity contribution in [3.8, 4) is 5.75 Å². The number of carbonyl (C=O) groups excluding carboxylic acids is 1. The van der Waals surface area contributed by atoms with E-state index in [2.05, 4.69) is 15.3 Å². The second-order valence-electron chi connectivity index (χ2n) is 3.91. The van der Waals surface area contributed by atoms with Crippen molar-refractivity contribution in [3.05, 3.63) is 47.0 Å². The van der Waals surface area contributed by atoms with Crippen molar-refractivity contribution in [2.24, 2.45) is 0 Å². The van der Waals surface area contributed by atoms with Gasteiger partial charge < -0.3 is 10.4 Å².